The van der Waals surface area contributed by atoms with E-state index in [2.05, 4.69) is 0 Å². The van der Waals surface area contributed by atoms with E-state index in [4.69, 9.17) is 0 Å². The van der Waals surface area contributed by atoms with Gasteiger partial charge >= 0.3 is 0 Å². The van der Waals surface area contributed by atoms with Gasteiger partial charge in [0.25, 0.3) is 0 Å². The number of sulfonamides is 1. The molecule has 0 spiro atoms. The van der Waals surface area contributed by atoms with Crippen molar-refractivity contribution in [2.75, 3.05) is 13.6 Å². The van der Waals surface area contributed by atoms with Crippen molar-refractivity contribution in [3.8, 4) is 0 Å². The quantitative estimate of drug-likeness (QED) is 0.476. The van der Waals surface area contributed by atoms with Crippen molar-refractivity contribution < 1.29 is 13.2 Å². The smallest absolute Gasteiger partial charge is 0.223 e. The Balaban J connectivity index is 2.95. The standard InChI is InChI=1S/C5H9NO3S/c1-6-3-2-5(4-7)10(6,8)9/h4-5H,2-3H2,1H3. The van der Waals surface area contributed by atoms with Gasteiger partial charge in [-0.25, -0.2) is 12.7 Å². The van der Waals surface area contributed by atoms with Crippen LogP contribution in [0.4, 0.5) is 0 Å². The van der Waals surface area contributed by atoms with Crippen LogP contribution in [0.2, 0.25) is 0 Å². The Morgan fingerprint density at radius 2 is 2.20 bits per heavy atom. The minimum Gasteiger partial charge on any atom is -0.302 e. The zero-order valence-corrected chi connectivity index (χ0v) is 6.47. The summed E-state index contributed by atoms with van der Waals surface area (Å²) in [5.41, 5.74) is 0. The molecule has 0 amide bonds. The van der Waals surface area contributed by atoms with Crippen LogP contribution in [-0.4, -0.2) is 37.9 Å². The second-order valence-corrected chi connectivity index (χ2v) is 4.59. The van der Waals surface area contributed by atoms with Crippen LogP contribution in [0.3, 0.4) is 0 Å². The molecule has 1 unspecified atom stereocenters. The highest BCUT2D eigenvalue weighted by atomic mass is 32.2. The molecular weight excluding hydrogens is 154 g/mol. The third kappa shape index (κ3) is 0.951. The number of carbonyl (C=O) groups is 1. The molecule has 0 N–H and O–H groups in total. The van der Waals surface area contributed by atoms with E-state index in [1.807, 2.05) is 0 Å². The second kappa shape index (κ2) is 2.32. The van der Waals surface area contributed by atoms with E-state index in [0.717, 1.165) is 0 Å². The molecule has 1 aliphatic heterocycles. The number of carbonyl (C=O) groups excluding carboxylic acids is 1. The molecule has 0 bridgehead atoms. The third-order valence-electron chi connectivity index (χ3n) is 1.70. The van der Waals surface area contributed by atoms with Crippen LogP contribution in [0.1, 0.15) is 6.42 Å². The minimum atomic E-state index is -3.25. The molecule has 0 radical (unpaired) electrons. The van der Waals surface area contributed by atoms with E-state index in [9.17, 15) is 13.2 Å². The highest BCUT2D eigenvalue weighted by Gasteiger charge is 2.35. The van der Waals surface area contributed by atoms with Gasteiger partial charge in [0.2, 0.25) is 10.0 Å². The summed E-state index contributed by atoms with van der Waals surface area (Å²) in [6.07, 6.45) is 0.932. The highest BCUT2D eigenvalue weighted by molar-refractivity contribution is 7.90. The maximum absolute atomic E-state index is 11.0. The fourth-order valence-electron chi connectivity index (χ4n) is 0.955. The number of aldehydes is 1. The molecule has 1 heterocycles. The highest BCUT2D eigenvalue weighted by Crippen LogP contribution is 2.17. The Labute approximate surface area is 59.9 Å². The van der Waals surface area contributed by atoms with Gasteiger partial charge in [0.05, 0.1) is 0 Å². The first kappa shape index (κ1) is 7.68. The summed E-state index contributed by atoms with van der Waals surface area (Å²) in [6.45, 7) is 0.464. The Morgan fingerprint density at radius 1 is 1.60 bits per heavy atom. The SMILES string of the molecule is CN1CCC(C=O)S1(=O)=O. The Hall–Kier alpha value is -0.420. The fraction of sp³-hybridized carbons (Fsp3) is 0.800. The van der Waals surface area contributed by atoms with E-state index >= 15 is 0 Å². The molecule has 1 fully saturated rings. The van der Waals surface area contributed by atoms with Crippen molar-refractivity contribution in [1.82, 2.24) is 4.31 Å². The second-order valence-electron chi connectivity index (χ2n) is 2.33. The number of hydrogen-bond acceptors (Lipinski definition) is 3. The first-order chi connectivity index (χ1) is 4.59. The topological polar surface area (TPSA) is 54.5 Å². The molecule has 10 heavy (non-hydrogen) atoms. The van der Waals surface area contributed by atoms with E-state index in [1.165, 1.54) is 11.4 Å². The fourth-order valence-corrected chi connectivity index (χ4v) is 2.32. The lowest BCUT2D eigenvalue weighted by Crippen LogP contribution is -2.26. The molecule has 4 nitrogen and oxygen atoms in total. The molecule has 58 valence electrons. The van der Waals surface area contributed by atoms with Crippen molar-refractivity contribution in [2.24, 2.45) is 0 Å². The first-order valence-electron chi connectivity index (χ1n) is 2.99. The van der Waals surface area contributed by atoms with Crippen LogP contribution in [0.5, 0.6) is 0 Å². The maximum Gasteiger partial charge on any atom is 0.223 e. The van der Waals surface area contributed by atoms with Crippen molar-refractivity contribution in [3.63, 3.8) is 0 Å². The van der Waals surface area contributed by atoms with Crippen LogP contribution in [-0.2, 0) is 14.8 Å². The zero-order valence-electron chi connectivity index (χ0n) is 5.65. The number of nitrogens with zero attached hydrogens (tertiary/aromatic N) is 1. The molecule has 0 aromatic rings. The third-order valence-corrected chi connectivity index (χ3v) is 3.86. The van der Waals surface area contributed by atoms with Gasteiger partial charge in [-0.2, -0.15) is 0 Å². The van der Waals surface area contributed by atoms with Gasteiger partial charge in [0.15, 0.2) is 0 Å². The predicted molar refractivity (Wildman–Crippen MR) is 36.0 cm³/mol. The van der Waals surface area contributed by atoms with Crippen molar-refractivity contribution in [3.05, 3.63) is 0 Å². The van der Waals surface area contributed by atoms with Crippen LogP contribution in [0.25, 0.3) is 0 Å². The van der Waals surface area contributed by atoms with Gasteiger partial charge in [-0.3, -0.25) is 0 Å². The first-order valence-corrected chi connectivity index (χ1v) is 4.50. The molecule has 1 atom stereocenters. The minimum absolute atomic E-state index is 0.433. The monoisotopic (exact) mass is 163 g/mol. The lowest BCUT2D eigenvalue weighted by atomic mass is 10.3. The summed E-state index contributed by atoms with van der Waals surface area (Å²) in [6, 6.07) is 0. The van der Waals surface area contributed by atoms with Crippen LogP contribution < -0.4 is 0 Å². The molecule has 0 aromatic heterocycles. The van der Waals surface area contributed by atoms with Gasteiger partial charge < -0.3 is 4.79 Å². The van der Waals surface area contributed by atoms with Crippen LogP contribution in [0.15, 0.2) is 0 Å². The van der Waals surface area contributed by atoms with Crippen molar-refractivity contribution in [2.45, 2.75) is 11.7 Å². The van der Waals surface area contributed by atoms with Gasteiger partial charge in [-0.1, -0.05) is 0 Å². The van der Waals surface area contributed by atoms with Gasteiger partial charge in [-0.15, -0.1) is 0 Å². The summed E-state index contributed by atoms with van der Waals surface area (Å²) in [5, 5.41) is -0.794. The van der Waals surface area contributed by atoms with Crippen LogP contribution >= 0.6 is 0 Å². The van der Waals surface area contributed by atoms with Crippen molar-refractivity contribution in [1.29, 1.82) is 0 Å². The predicted octanol–water partition coefficient (Wildman–Crippen LogP) is -0.781. The molecule has 1 saturated heterocycles. The van der Waals surface area contributed by atoms with Gasteiger partial charge in [-0.05, 0) is 6.42 Å². The lowest BCUT2D eigenvalue weighted by Gasteiger charge is -2.05. The van der Waals surface area contributed by atoms with E-state index in [-0.39, 0.29) is 0 Å². The van der Waals surface area contributed by atoms with Crippen LogP contribution in [0, 0.1) is 0 Å². The Morgan fingerprint density at radius 3 is 2.40 bits per heavy atom. The van der Waals surface area contributed by atoms with E-state index < -0.39 is 15.3 Å². The Bertz CT molecular complexity index is 233. The maximum atomic E-state index is 11.0. The molecule has 0 saturated carbocycles. The summed E-state index contributed by atoms with van der Waals surface area (Å²) in [7, 11) is -1.77. The summed E-state index contributed by atoms with van der Waals surface area (Å²) in [5.74, 6) is 0. The van der Waals surface area contributed by atoms with Crippen molar-refractivity contribution >= 4 is 16.3 Å². The molecule has 1 aliphatic rings. The Kier molecular flexibility index (Phi) is 1.78. The average molecular weight is 163 g/mol. The number of hydrogen-bond donors (Lipinski definition) is 0. The normalized spacial score (nSPS) is 32.3. The molecule has 0 aromatic carbocycles. The summed E-state index contributed by atoms with van der Waals surface area (Å²) >= 11 is 0. The van der Waals surface area contributed by atoms with Gasteiger partial charge in [0.1, 0.15) is 11.5 Å². The average Bonchev–Trinajstić information content (AvgIpc) is 2.10. The molecule has 5 heteroatoms. The molecule has 0 aliphatic carbocycles. The molecular formula is C5H9NO3S. The summed E-state index contributed by atoms with van der Waals surface area (Å²) < 4.78 is 23.3. The molecule has 1 rings (SSSR count). The lowest BCUT2D eigenvalue weighted by molar-refractivity contribution is -0.107. The summed E-state index contributed by atoms with van der Waals surface area (Å²) in [4.78, 5) is 10.2. The zero-order chi connectivity index (χ0) is 7.78. The largest absolute Gasteiger partial charge is 0.302 e. The number of rotatable bonds is 1. The van der Waals surface area contributed by atoms with E-state index in [0.29, 0.717) is 19.3 Å². The van der Waals surface area contributed by atoms with Gasteiger partial charge in [0, 0.05) is 13.6 Å². The van der Waals surface area contributed by atoms with E-state index in [1.54, 1.807) is 0 Å².